The summed E-state index contributed by atoms with van der Waals surface area (Å²) in [5.74, 6) is -1.28. The van der Waals surface area contributed by atoms with E-state index in [1.807, 2.05) is 0 Å². The van der Waals surface area contributed by atoms with Crippen molar-refractivity contribution in [1.29, 1.82) is 5.41 Å². The van der Waals surface area contributed by atoms with Gasteiger partial charge in [-0.2, -0.15) is 0 Å². The Bertz CT molecular complexity index is 1060. The van der Waals surface area contributed by atoms with E-state index in [1.54, 1.807) is 24.3 Å². The monoisotopic (exact) mass is 457 g/mol. The minimum absolute atomic E-state index is 0.0355. The van der Waals surface area contributed by atoms with E-state index in [-0.39, 0.29) is 34.8 Å². The second-order valence-corrected chi connectivity index (χ2v) is 7.96. The number of benzene rings is 2. The highest BCUT2D eigenvalue weighted by molar-refractivity contribution is 6.31. The molecule has 1 aliphatic rings. The summed E-state index contributed by atoms with van der Waals surface area (Å²) < 4.78 is 0. The van der Waals surface area contributed by atoms with E-state index in [0.29, 0.717) is 24.2 Å². The van der Waals surface area contributed by atoms with Crippen LogP contribution in [0.2, 0.25) is 5.02 Å². The Morgan fingerprint density at radius 2 is 1.94 bits per heavy atom. The van der Waals surface area contributed by atoms with Gasteiger partial charge < -0.3 is 26.4 Å². The standard InChI is InChI=1S/C22H24ClN5O4/c1-12(29)27-17-9-15(8-16(23)10-17)19(30)22(32)28-7-6-18(28)21(31)26-11-13-2-4-14(5-3-13)20(24)25/h2-5,8-10,18-19,30H,6-7,11H2,1H3,(H3,24,25)(H,26,31)(H,27,29). The van der Waals surface area contributed by atoms with Crippen LogP contribution in [0.1, 0.15) is 36.1 Å². The number of nitrogen functional groups attached to an aromatic ring is 1. The number of carbonyl (C=O) groups is 3. The molecule has 10 heteroatoms. The van der Waals surface area contributed by atoms with Crippen LogP contribution in [0.3, 0.4) is 0 Å². The van der Waals surface area contributed by atoms with Gasteiger partial charge in [0.1, 0.15) is 11.9 Å². The number of aliphatic hydroxyl groups excluding tert-OH is 1. The number of aliphatic hydroxyl groups is 1. The van der Waals surface area contributed by atoms with Gasteiger partial charge in [-0.05, 0) is 35.7 Å². The van der Waals surface area contributed by atoms with Crippen LogP contribution in [-0.2, 0) is 20.9 Å². The van der Waals surface area contributed by atoms with Gasteiger partial charge >= 0.3 is 0 Å². The van der Waals surface area contributed by atoms with Crippen LogP contribution in [0.4, 0.5) is 5.69 Å². The molecule has 0 saturated carbocycles. The van der Waals surface area contributed by atoms with Gasteiger partial charge in [-0.25, -0.2) is 0 Å². The Labute approximate surface area is 190 Å². The normalized spacial score (nSPS) is 16.0. The number of hydrogen-bond donors (Lipinski definition) is 5. The first-order valence-electron chi connectivity index (χ1n) is 9.93. The number of carbonyl (C=O) groups excluding carboxylic acids is 3. The zero-order valence-electron chi connectivity index (χ0n) is 17.4. The number of anilines is 1. The van der Waals surface area contributed by atoms with E-state index in [4.69, 9.17) is 22.7 Å². The molecular formula is C22H24ClN5O4. The smallest absolute Gasteiger partial charge is 0.256 e. The summed E-state index contributed by atoms with van der Waals surface area (Å²) in [6.45, 7) is 1.94. The lowest BCUT2D eigenvalue weighted by Crippen LogP contribution is -2.59. The topological polar surface area (TPSA) is 149 Å². The second-order valence-electron chi connectivity index (χ2n) is 7.52. The third-order valence-electron chi connectivity index (χ3n) is 5.13. The van der Waals surface area contributed by atoms with E-state index in [0.717, 1.165) is 5.56 Å². The van der Waals surface area contributed by atoms with Gasteiger partial charge in [-0.1, -0.05) is 35.9 Å². The van der Waals surface area contributed by atoms with Crippen LogP contribution in [-0.4, -0.2) is 46.2 Å². The van der Waals surface area contributed by atoms with Gasteiger partial charge in [0, 0.05) is 36.3 Å². The van der Waals surface area contributed by atoms with Crippen molar-refractivity contribution in [1.82, 2.24) is 10.2 Å². The maximum Gasteiger partial charge on any atom is 0.256 e. The molecule has 168 valence electrons. The lowest BCUT2D eigenvalue weighted by atomic mass is 9.98. The highest BCUT2D eigenvalue weighted by Crippen LogP contribution is 2.28. The van der Waals surface area contributed by atoms with E-state index in [1.165, 1.54) is 30.0 Å². The average molecular weight is 458 g/mol. The maximum atomic E-state index is 12.8. The lowest BCUT2D eigenvalue weighted by molar-refractivity contribution is -0.154. The number of nitrogens with two attached hydrogens (primary N) is 1. The molecule has 0 bridgehead atoms. The average Bonchev–Trinajstić information content (AvgIpc) is 2.70. The first kappa shape index (κ1) is 23.2. The predicted molar refractivity (Wildman–Crippen MR) is 120 cm³/mol. The van der Waals surface area contributed by atoms with Crippen molar-refractivity contribution in [3.8, 4) is 0 Å². The van der Waals surface area contributed by atoms with Crippen LogP contribution in [0.25, 0.3) is 0 Å². The van der Waals surface area contributed by atoms with Crippen LogP contribution in [0.5, 0.6) is 0 Å². The number of hydrogen-bond acceptors (Lipinski definition) is 5. The molecule has 0 aromatic heterocycles. The minimum Gasteiger partial charge on any atom is -0.384 e. The molecule has 1 aliphatic heterocycles. The predicted octanol–water partition coefficient (Wildman–Crippen LogP) is 1.53. The number of nitrogens with zero attached hydrogens (tertiary/aromatic N) is 1. The number of amidine groups is 1. The van der Waals surface area contributed by atoms with Crippen molar-refractivity contribution in [3.05, 3.63) is 64.2 Å². The lowest BCUT2D eigenvalue weighted by Gasteiger charge is -2.40. The molecule has 0 spiro atoms. The van der Waals surface area contributed by atoms with Crippen LogP contribution >= 0.6 is 11.6 Å². The zero-order valence-corrected chi connectivity index (χ0v) is 18.1. The van der Waals surface area contributed by atoms with Crippen molar-refractivity contribution >= 4 is 40.8 Å². The van der Waals surface area contributed by atoms with Gasteiger partial charge in [0.15, 0.2) is 6.10 Å². The molecule has 2 aromatic rings. The summed E-state index contributed by atoms with van der Waals surface area (Å²) in [6.07, 6.45) is -1.03. The molecule has 3 rings (SSSR count). The fourth-order valence-electron chi connectivity index (χ4n) is 3.38. The Morgan fingerprint density at radius 1 is 1.25 bits per heavy atom. The summed E-state index contributed by atoms with van der Waals surface area (Å²) in [5, 5.41) is 23.6. The summed E-state index contributed by atoms with van der Waals surface area (Å²) >= 11 is 6.05. The number of nitrogens with one attached hydrogen (secondary N) is 3. The number of likely N-dealkylation sites (tertiary alicyclic amines) is 1. The number of halogens is 1. The van der Waals surface area contributed by atoms with Crippen molar-refractivity contribution < 1.29 is 19.5 Å². The highest BCUT2D eigenvalue weighted by Gasteiger charge is 2.40. The van der Waals surface area contributed by atoms with Crippen molar-refractivity contribution in [2.75, 3.05) is 11.9 Å². The fourth-order valence-corrected chi connectivity index (χ4v) is 3.62. The molecule has 2 aromatic carbocycles. The molecule has 3 amide bonds. The van der Waals surface area contributed by atoms with Crippen molar-refractivity contribution in [3.63, 3.8) is 0 Å². The molecule has 32 heavy (non-hydrogen) atoms. The fraction of sp³-hybridized carbons (Fsp3) is 0.273. The van der Waals surface area contributed by atoms with Crippen LogP contribution in [0, 0.1) is 5.41 Å². The summed E-state index contributed by atoms with van der Waals surface area (Å²) in [7, 11) is 0. The summed E-state index contributed by atoms with van der Waals surface area (Å²) in [5.41, 5.74) is 7.43. The van der Waals surface area contributed by atoms with Gasteiger partial charge in [-0.15, -0.1) is 0 Å². The molecule has 9 nitrogen and oxygen atoms in total. The zero-order chi connectivity index (χ0) is 23.4. The van der Waals surface area contributed by atoms with Gasteiger partial charge in [-0.3, -0.25) is 19.8 Å². The Kier molecular flexibility index (Phi) is 7.12. The third-order valence-corrected chi connectivity index (χ3v) is 5.35. The van der Waals surface area contributed by atoms with Crippen LogP contribution in [0.15, 0.2) is 42.5 Å². The SMILES string of the molecule is CC(=O)Nc1cc(Cl)cc(C(O)C(=O)N2CCC2C(=O)NCc2ccc(C(=N)N)cc2)c1. The molecule has 2 unspecified atom stereocenters. The second kappa shape index (κ2) is 9.80. The van der Waals surface area contributed by atoms with E-state index >= 15 is 0 Å². The van der Waals surface area contributed by atoms with Crippen LogP contribution < -0.4 is 16.4 Å². The van der Waals surface area contributed by atoms with Gasteiger partial charge in [0.05, 0.1) is 0 Å². The quantitative estimate of drug-likeness (QED) is 0.316. The Morgan fingerprint density at radius 3 is 2.50 bits per heavy atom. The first-order valence-corrected chi connectivity index (χ1v) is 10.3. The first-order chi connectivity index (χ1) is 15.2. The third kappa shape index (κ3) is 5.43. The maximum absolute atomic E-state index is 12.8. The molecular weight excluding hydrogens is 434 g/mol. The number of rotatable bonds is 7. The molecule has 6 N–H and O–H groups in total. The molecule has 1 saturated heterocycles. The molecule has 2 atom stereocenters. The molecule has 1 fully saturated rings. The van der Waals surface area contributed by atoms with E-state index < -0.39 is 18.1 Å². The minimum atomic E-state index is -1.52. The molecule has 1 heterocycles. The highest BCUT2D eigenvalue weighted by atomic mass is 35.5. The summed E-state index contributed by atoms with van der Waals surface area (Å²) in [4.78, 5) is 38.0. The van der Waals surface area contributed by atoms with Gasteiger partial charge in [0.25, 0.3) is 5.91 Å². The van der Waals surface area contributed by atoms with E-state index in [2.05, 4.69) is 10.6 Å². The van der Waals surface area contributed by atoms with Crippen molar-refractivity contribution in [2.24, 2.45) is 5.73 Å². The van der Waals surface area contributed by atoms with E-state index in [9.17, 15) is 19.5 Å². The Hall–Kier alpha value is -3.43. The summed E-state index contributed by atoms with van der Waals surface area (Å²) in [6, 6.07) is 10.6. The molecule has 0 aliphatic carbocycles. The Balaban J connectivity index is 1.61. The number of amides is 3. The van der Waals surface area contributed by atoms with Gasteiger partial charge in [0.2, 0.25) is 11.8 Å². The van der Waals surface area contributed by atoms with Crippen molar-refractivity contribution in [2.45, 2.75) is 32.0 Å². The largest absolute Gasteiger partial charge is 0.384 e. The molecule has 0 radical (unpaired) electrons.